The number of hydrogen-bond acceptors (Lipinski definition) is 3. The molecule has 0 saturated carbocycles. The molecule has 7 heteroatoms. The predicted octanol–water partition coefficient (Wildman–Crippen LogP) is 2.96. The van der Waals surface area contributed by atoms with E-state index in [2.05, 4.69) is 0 Å². The molecule has 0 amide bonds. The molecule has 0 saturated heterocycles. The monoisotopic (exact) mass is 290 g/mol. The average Bonchev–Trinajstić information content (AvgIpc) is 2.26. The van der Waals surface area contributed by atoms with Crippen molar-refractivity contribution < 1.29 is 32.7 Å². The lowest BCUT2D eigenvalue weighted by atomic mass is 10.1. The molecule has 0 atom stereocenters. The summed E-state index contributed by atoms with van der Waals surface area (Å²) in [5.74, 6) is -1.62. The van der Waals surface area contributed by atoms with Crippen molar-refractivity contribution in [2.45, 2.75) is 26.4 Å². The molecule has 110 valence electrons. The Morgan fingerprint density at radius 2 is 1.50 bits per heavy atom. The van der Waals surface area contributed by atoms with Crippen LogP contribution in [0.15, 0.2) is 24.3 Å². The standard InChI is InChI=1S/C9H7F3O.C4H6O3/c1-6(13)7-2-4-8(5-3-7)9(10,11)12;1-3(5)2-4(6)7/h2-5H,1H3;2H2,1H3,(H,6,7). The van der Waals surface area contributed by atoms with Crippen molar-refractivity contribution in [3.05, 3.63) is 35.4 Å². The molecule has 1 rings (SSSR count). The van der Waals surface area contributed by atoms with Crippen molar-refractivity contribution in [1.82, 2.24) is 0 Å². The number of halogens is 3. The van der Waals surface area contributed by atoms with Gasteiger partial charge in [0.1, 0.15) is 12.2 Å². The third-order valence-electron chi connectivity index (χ3n) is 2.02. The molecule has 1 aromatic rings. The zero-order valence-electron chi connectivity index (χ0n) is 10.8. The Morgan fingerprint density at radius 3 is 1.70 bits per heavy atom. The summed E-state index contributed by atoms with van der Waals surface area (Å²) in [7, 11) is 0. The molecule has 4 nitrogen and oxygen atoms in total. The Kier molecular flexibility index (Phi) is 6.61. The van der Waals surface area contributed by atoms with E-state index >= 15 is 0 Å². The predicted molar refractivity (Wildman–Crippen MR) is 64.4 cm³/mol. The van der Waals surface area contributed by atoms with E-state index in [0.717, 1.165) is 12.1 Å². The first-order valence-corrected chi connectivity index (χ1v) is 5.43. The van der Waals surface area contributed by atoms with Gasteiger partial charge in [-0.3, -0.25) is 14.4 Å². The Morgan fingerprint density at radius 1 is 1.05 bits per heavy atom. The zero-order valence-corrected chi connectivity index (χ0v) is 10.8. The summed E-state index contributed by atoms with van der Waals surface area (Å²) in [5, 5.41) is 7.86. The maximum absolute atomic E-state index is 12.0. The molecule has 0 aliphatic heterocycles. The first kappa shape index (κ1) is 17.8. The highest BCUT2D eigenvalue weighted by Crippen LogP contribution is 2.29. The number of carboxylic acid groups (broad SMARTS) is 1. The summed E-state index contributed by atoms with van der Waals surface area (Å²) in [4.78, 5) is 30.2. The third-order valence-corrected chi connectivity index (χ3v) is 2.02. The summed E-state index contributed by atoms with van der Waals surface area (Å²) in [6.45, 7) is 2.55. The lowest BCUT2D eigenvalue weighted by molar-refractivity contribution is -0.140. The second kappa shape index (κ2) is 7.42. The average molecular weight is 290 g/mol. The van der Waals surface area contributed by atoms with Gasteiger partial charge in [-0.25, -0.2) is 0 Å². The van der Waals surface area contributed by atoms with E-state index in [4.69, 9.17) is 5.11 Å². The first-order chi connectivity index (χ1) is 9.04. The second-order valence-corrected chi connectivity index (χ2v) is 3.90. The number of carbonyl (C=O) groups excluding carboxylic acids is 2. The smallest absolute Gasteiger partial charge is 0.416 e. The van der Waals surface area contributed by atoms with E-state index in [-0.39, 0.29) is 23.6 Å². The van der Waals surface area contributed by atoms with E-state index in [9.17, 15) is 27.6 Å². The fraction of sp³-hybridized carbons (Fsp3) is 0.308. The van der Waals surface area contributed by atoms with Gasteiger partial charge in [0, 0.05) is 5.56 Å². The number of ketones is 2. The Balaban J connectivity index is 0.000000441. The van der Waals surface area contributed by atoms with E-state index in [1.807, 2.05) is 0 Å². The molecule has 0 fully saturated rings. The van der Waals surface area contributed by atoms with Gasteiger partial charge >= 0.3 is 12.1 Å². The molecule has 1 N–H and O–H groups in total. The van der Waals surface area contributed by atoms with Gasteiger partial charge < -0.3 is 5.11 Å². The topological polar surface area (TPSA) is 71.4 Å². The van der Waals surface area contributed by atoms with Crippen LogP contribution in [0.3, 0.4) is 0 Å². The summed E-state index contributed by atoms with van der Waals surface area (Å²) in [6.07, 6.45) is -4.70. The van der Waals surface area contributed by atoms with Crippen molar-refractivity contribution in [2.24, 2.45) is 0 Å². The van der Waals surface area contributed by atoms with Crippen LogP contribution in [-0.2, 0) is 15.8 Å². The van der Waals surface area contributed by atoms with Gasteiger partial charge in [-0.15, -0.1) is 0 Å². The minimum absolute atomic E-state index is 0.242. The van der Waals surface area contributed by atoms with Crippen LogP contribution in [0.2, 0.25) is 0 Å². The van der Waals surface area contributed by atoms with E-state index in [1.54, 1.807) is 0 Å². The molecule has 0 heterocycles. The molecule has 0 aliphatic rings. The van der Waals surface area contributed by atoms with Gasteiger partial charge in [0.15, 0.2) is 5.78 Å². The number of Topliss-reactive ketones (excluding diaryl/α,β-unsaturated/α-hetero) is 2. The number of carbonyl (C=O) groups is 3. The van der Waals surface area contributed by atoms with Gasteiger partial charge in [-0.2, -0.15) is 13.2 Å². The molecule has 0 aromatic heterocycles. The maximum Gasteiger partial charge on any atom is 0.416 e. The molecule has 1 aromatic carbocycles. The first-order valence-electron chi connectivity index (χ1n) is 5.43. The largest absolute Gasteiger partial charge is 0.481 e. The van der Waals surface area contributed by atoms with Crippen LogP contribution in [0.25, 0.3) is 0 Å². The second-order valence-electron chi connectivity index (χ2n) is 3.90. The van der Waals surface area contributed by atoms with Crippen molar-refractivity contribution in [3.63, 3.8) is 0 Å². The highest BCUT2D eigenvalue weighted by Gasteiger charge is 2.29. The fourth-order valence-corrected chi connectivity index (χ4v) is 1.11. The Hall–Kier alpha value is -2.18. The summed E-state index contributed by atoms with van der Waals surface area (Å²) < 4.78 is 36.1. The van der Waals surface area contributed by atoms with E-state index < -0.39 is 17.7 Å². The van der Waals surface area contributed by atoms with Crippen LogP contribution >= 0.6 is 0 Å². The number of hydrogen-bond donors (Lipinski definition) is 1. The van der Waals surface area contributed by atoms with Crippen LogP contribution in [-0.4, -0.2) is 22.6 Å². The van der Waals surface area contributed by atoms with Gasteiger partial charge in [-0.05, 0) is 26.0 Å². The molecule has 0 spiro atoms. The van der Waals surface area contributed by atoms with Crippen LogP contribution in [0.5, 0.6) is 0 Å². The number of rotatable bonds is 3. The summed E-state index contributed by atoms with van der Waals surface area (Å²) >= 11 is 0. The summed E-state index contributed by atoms with van der Waals surface area (Å²) in [5.41, 5.74) is -0.453. The van der Waals surface area contributed by atoms with Crippen LogP contribution in [0.1, 0.15) is 36.2 Å². The van der Waals surface area contributed by atoms with Crippen LogP contribution in [0.4, 0.5) is 13.2 Å². The van der Waals surface area contributed by atoms with Crippen molar-refractivity contribution in [3.8, 4) is 0 Å². The molecular weight excluding hydrogens is 277 g/mol. The van der Waals surface area contributed by atoms with Gasteiger partial charge in [0.05, 0.1) is 5.56 Å². The molecular formula is C13H13F3O4. The van der Waals surface area contributed by atoms with Crippen LogP contribution < -0.4 is 0 Å². The SMILES string of the molecule is CC(=O)CC(=O)O.CC(=O)c1ccc(C(F)(F)F)cc1. The van der Waals surface area contributed by atoms with E-state index in [1.165, 1.54) is 26.0 Å². The van der Waals surface area contributed by atoms with Gasteiger partial charge in [-0.1, -0.05) is 12.1 Å². The summed E-state index contributed by atoms with van der Waals surface area (Å²) in [6, 6.07) is 4.14. The Bertz CT molecular complexity index is 477. The van der Waals surface area contributed by atoms with Gasteiger partial charge in [0.2, 0.25) is 0 Å². The third kappa shape index (κ3) is 7.30. The normalized spacial score (nSPS) is 10.2. The number of alkyl halides is 3. The van der Waals surface area contributed by atoms with Gasteiger partial charge in [0.25, 0.3) is 0 Å². The highest BCUT2D eigenvalue weighted by atomic mass is 19.4. The minimum atomic E-state index is -4.34. The van der Waals surface area contributed by atoms with Crippen molar-refractivity contribution in [2.75, 3.05) is 0 Å². The highest BCUT2D eigenvalue weighted by molar-refractivity contribution is 5.94. The van der Waals surface area contributed by atoms with Crippen molar-refractivity contribution >= 4 is 17.5 Å². The molecule has 20 heavy (non-hydrogen) atoms. The lowest BCUT2D eigenvalue weighted by Gasteiger charge is -2.05. The van der Waals surface area contributed by atoms with Crippen molar-refractivity contribution in [1.29, 1.82) is 0 Å². The molecule has 0 unspecified atom stereocenters. The number of benzene rings is 1. The Labute approximate surface area is 113 Å². The molecule has 0 bridgehead atoms. The number of aliphatic carboxylic acids is 1. The molecule has 0 aliphatic carbocycles. The zero-order chi connectivity index (χ0) is 15.9. The maximum atomic E-state index is 12.0. The minimum Gasteiger partial charge on any atom is -0.481 e. The quantitative estimate of drug-likeness (QED) is 0.686. The molecule has 0 radical (unpaired) electrons. The number of carboxylic acids is 1. The lowest BCUT2D eigenvalue weighted by Crippen LogP contribution is -2.05. The van der Waals surface area contributed by atoms with Crippen LogP contribution in [0, 0.1) is 0 Å². The fourth-order valence-electron chi connectivity index (χ4n) is 1.11. The van der Waals surface area contributed by atoms with E-state index in [0.29, 0.717) is 0 Å².